The molecule has 1 aliphatic rings. The molecule has 1 atom stereocenters. The fraction of sp³-hybridized carbons (Fsp3) is 0.182. The van der Waals surface area contributed by atoms with Crippen molar-refractivity contribution in [1.82, 2.24) is 5.32 Å². The number of hydrogen-bond acceptors (Lipinski definition) is 5. The molecule has 0 spiro atoms. The molecule has 0 bridgehead atoms. The van der Waals surface area contributed by atoms with Crippen molar-refractivity contribution in [1.29, 1.82) is 0 Å². The summed E-state index contributed by atoms with van der Waals surface area (Å²) in [5.74, 6) is -1.68. The third-order valence-electron chi connectivity index (χ3n) is 6.93. The lowest BCUT2D eigenvalue weighted by Crippen LogP contribution is -2.44. The van der Waals surface area contributed by atoms with Gasteiger partial charge >= 0.3 is 18.0 Å². The van der Waals surface area contributed by atoms with Crippen LogP contribution in [0.25, 0.3) is 11.1 Å². The van der Waals surface area contributed by atoms with E-state index >= 15 is 0 Å². The molecule has 0 aliphatic heterocycles. The Morgan fingerprint density at radius 2 is 1.32 bits per heavy atom. The van der Waals surface area contributed by atoms with Gasteiger partial charge in [0.25, 0.3) is 0 Å². The topological polar surface area (TPSA) is 102 Å². The number of ether oxygens (including phenoxy) is 2. The molecule has 2 N–H and O–H groups in total. The van der Waals surface area contributed by atoms with Crippen LogP contribution in [-0.2, 0) is 38.5 Å². The predicted octanol–water partition coefficient (Wildman–Crippen LogP) is 5.51. The highest BCUT2D eigenvalue weighted by atomic mass is 16.6. The smallest absolute Gasteiger partial charge is 0.407 e. The third kappa shape index (κ3) is 6.38. The number of carboxylic acids is 1. The summed E-state index contributed by atoms with van der Waals surface area (Å²) in [6, 6.07) is 31.3. The van der Waals surface area contributed by atoms with Crippen molar-refractivity contribution in [2.24, 2.45) is 0 Å². The zero-order valence-corrected chi connectivity index (χ0v) is 21.8. The van der Waals surface area contributed by atoms with E-state index in [1.807, 2.05) is 66.7 Å². The zero-order chi connectivity index (χ0) is 27.9. The predicted molar refractivity (Wildman–Crippen MR) is 150 cm³/mol. The Hall–Kier alpha value is -4.91. The molecule has 0 aromatic heterocycles. The largest absolute Gasteiger partial charge is 0.481 e. The number of amides is 1. The lowest BCUT2D eigenvalue weighted by molar-refractivity contribution is -0.147. The van der Waals surface area contributed by atoms with Crippen LogP contribution in [0, 0.1) is 0 Å². The molecular weight excluding hydrogens is 506 g/mol. The summed E-state index contributed by atoms with van der Waals surface area (Å²) in [6.07, 6.45) is -0.757. The minimum atomic E-state index is -1.03. The van der Waals surface area contributed by atoms with Gasteiger partial charge in [0.05, 0.1) is 6.42 Å². The molecule has 0 fully saturated rings. The van der Waals surface area contributed by atoms with Crippen molar-refractivity contribution in [3.8, 4) is 11.1 Å². The van der Waals surface area contributed by atoms with Crippen LogP contribution < -0.4 is 5.32 Å². The van der Waals surface area contributed by atoms with Gasteiger partial charge < -0.3 is 19.9 Å². The van der Waals surface area contributed by atoms with Gasteiger partial charge in [0.2, 0.25) is 0 Å². The van der Waals surface area contributed by atoms with Gasteiger partial charge in [-0.15, -0.1) is 0 Å². The van der Waals surface area contributed by atoms with Crippen LogP contribution in [0.2, 0.25) is 0 Å². The van der Waals surface area contributed by atoms with Crippen molar-refractivity contribution in [3.05, 3.63) is 131 Å². The lowest BCUT2D eigenvalue weighted by Gasteiger charge is -2.20. The molecule has 0 saturated heterocycles. The molecule has 5 rings (SSSR count). The monoisotopic (exact) mass is 535 g/mol. The average molecular weight is 536 g/mol. The molecule has 7 nitrogen and oxygen atoms in total. The van der Waals surface area contributed by atoms with E-state index in [2.05, 4.69) is 17.4 Å². The van der Waals surface area contributed by atoms with Gasteiger partial charge in [-0.3, -0.25) is 4.79 Å². The highest BCUT2D eigenvalue weighted by Crippen LogP contribution is 2.44. The van der Waals surface area contributed by atoms with Gasteiger partial charge in [-0.05, 0) is 38.9 Å². The molecule has 202 valence electrons. The molecule has 0 radical (unpaired) electrons. The minimum Gasteiger partial charge on any atom is -0.481 e. The molecule has 0 unspecified atom stereocenters. The summed E-state index contributed by atoms with van der Waals surface area (Å²) < 4.78 is 11.2. The number of carbonyl (C=O) groups is 3. The Bertz CT molecular complexity index is 1470. The number of esters is 1. The summed E-state index contributed by atoms with van der Waals surface area (Å²) in [4.78, 5) is 37.3. The second kappa shape index (κ2) is 12.3. The molecule has 0 saturated carbocycles. The van der Waals surface area contributed by atoms with E-state index in [9.17, 15) is 14.4 Å². The molecule has 0 heterocycles. The highest BCUT2D eigenvalue weighted by Gasteiger charge is 2.30. The van der Waals surface area contributed by atoms with Crippen molar-refractivity contribution in [3.63, 3.8) is 0 Å². The van der Waals surface area contributed by atoms with Gasteiger partial charge in [-0.1, -0.05) is 103 Å². The number of fused-ring (bicyclic) bond motifs is 3. The number of rotatable bonds is 10. The van der Waals surface area contributed by atoms with Crippen LogP contribution in [-0.4, -0.2) is 35.8 Å². The Balaban J connectivity index is 1.28. The Kier molecular flexibility index (Phi) is 8.21. The summed E-state index contributed by atoms with van der Waals surface area (Å²) in [5, 5.41) is 11.8. The SMILES string of the molecule is O=C(O)Cc1cccc(C[C@H](NC(=O)OCC2c3ccccc3-c3ccccc32)C(=O)OCc2ccccc2)c1. The molecular formula is C33H29NO6. The zero-order valence-electron chi connectivity index (χ0n) is 21.8. The van der Waals surface area contributed by atoms with E-state index in [4.69, 9.17) is 14.6 Å². The van der Waals surface area contributed by atoms with E-state index in [0.29, 0.717) is 11.1 Å². The maximum absolute atomic E-state index is 13.1. The van der Waals surface area contributed by atoms with Gasteiger partial charge in [0.1, 0.15) is 19.3 Å². The summed E-state index contributed by atoms with van der Waals surface area (Å²) in [7, 11) is 0. The van der Waals surface area contributed by atoms with E-state index < -0.39 is 24.1 Å². The van der Waals surface area contributed by atoms with E-state index in [-0.39, 0.29) is 32.0 Å². The molecule has 1 amide bonds. The van der Waals surface area contributed by atoms with Crippen molar-refractivity contribution >= 4 is 18.0 Å². The summed E-state index contributed by atoms with van der Waals surface area (Å²) >= 11 is 0. The Labute approximate surface area is 232 Å². The lowest BCUT2D eigenvalue weighted by atomic mass is 9.98. The first kappa shape index (κ1) is 26.7. The number of nitrogens with one attached hydrogen (secondary N) is 1. The second-order valence-electron chi connectivity index (χ2n) is 9.71. The number of carbonyl (C=O) groups excluding carboxylic acids is 2. The van der Waals surface area contributed by atoms with E-state index in [1.54, 1.807) is 24.3 Å². The molecule has 4 aromatic carbocycles. The van der Waals surface area contributed by atoms with Gasteiger partial charge in [0, 0.05) is 12.3 Å². The first-order valence-electron chi connectivity index (χ1n) is 13.1. The maximum Gasteiger partial charge on any atom is 0.407 e. The highest BCUT2D eigenvalue weighted by molar-refractivity contribution is 5.82. The van der Waals surface area contributed by atoms with Crippen LogP contribution in [0.5, 0.6) is 0 Å². The number of carboxylic acid groups (broad SMARTS) is 1. The summed E-state index contributed by atoms with van der Waals surface area (Å²) in [5.41, 5.74) is 6.53. The molecule has 7 heteroatoms. The van der Waals surface area contributed by atoms with Crippen LogP contribution >= 0.6 is 0 Å². The summed E-state index contributed by atoms with van der Waals surface area (Å²) in [6.45, 7) is 0.168. The number of alkyl carbamates (subject to hydrolysis) is 1. The van der Waals surface area contributed by atoms with Crippen molar-refractivity contribution < 1.29 is 29.0 Å². The van der Waals surface area contributed by atoms with Crippen LogP contribution in [0.4, 0.5) is 4.79 Å². The molecule has 40 heavy (non-hydrogen) atoms. The standard InChI is InChI=1S/C33H29NO6/c35-31(36)19-24-12-8-11-23(17-24)18-30(32(37)39-20-22-9-2-1-3-10-22)34-33(38)40-21-29-27-15-6-4-13-25(27)26-14-5-7-16-28(26)29/h1-17,29-30H,18-21H2,(H,34,38)(H,35,36)/t30-/m0/s1. The fourth-order valence-corrected chi connectivity index (χ4v) is 5.08. The normalized spacial score (nSPS) is 12.6. The van der Waals surface area contributed by atoms with Crippen LogP contribution in [0.3, 0.4) is 0 Å². The van der Waals surface area contributed by atoms with Gasteiger partial charge in [-0.25, -0.2) is 9.59 Å². The fourth-order valence-electron chi connectivity index (χ4n) is 5.08. The van der Waals surface area contributed by atoms with E-state index in [1.165, 1.54) is 0 Å². The van der Waals surface area contributed by atoms with Gasteiger partial charge in [0.15, 0.2) is 0 Å². The van der Waals surface area contributed by atoms with Crippen LogP contribution in [0.15, 0.2) is 103 Å². The van der Waals surface area contributed by atoms with Crippen molar-refractivity contribution in [2.75, 3.05) is 6.61 Å². The third-order valence-corrected chi connectivity index (χ3v) is 6.93. The quantitative estimate of drug-likeness (QED) is 0.260. The first-order chi connectivity index (χ1) is 19.5. The molecule has 4 aromatic rings. The Morgan fingerprint density at radius 1 is 0.725 bits per heavy atom. The number of aliphatic carboxylic acids is 1. The molecule has 1 aliphatic carbocycles. The van der Waals surface area contributed by atoms with Crippen LogP contribution in [0.1, 0.15) is 33.7 Å². The van der Waals surface area contributed by atoms with Crippen molar-refractivity contribution in [2.45, 2.75) is 31.4 Å². The Morgan fingerprint density at radius 3 is 2.00 bits per heavy atom. The van der Waals surface area contributed by atoms with E-state index in [0.717, 1.165) is 27.8 Å². The second-order valence-corrected chi connectivity index (χ2v) is 9.71. The average Bonchev–Trinajstić information content (AvgIpc) is 3.28. The number of benzene rings is 4. The first-order valence-corrected chi connectivity index (χ1v) is 13.1. The minimum absolute atomic E-state index is 0.0571. The van der Waals surface area contributed by atoms with Gasteiger partial charge in [-0.2, -0.15) is 0 Å². The number of hydrogen-bond donors (Lipinski definition) is 2. The maximum atomic E-state index is 13.1.